The third kappa shape index (κ3) is 2.27. The fourth-order valence-electron chi connectivity index (χ4n) is 4.56. The second-order valence-electron chi connectivity index (χ2n) is 7.10. The van der Waals surface area contributed by atoms with E-state index in [-0.39, 0.29) is 23.1 Å². The third-order valence-electron chi connectivity index (χ3n) is 5.90. The minimum atomic E-state index is -0.509. The molecule has 2 saturated heterocycles. The van der Waals surface area contributed by atoms with Crippen LogP contribution in [0.2, 0.25) is 0 Å². The molecule has 2 heterocycles. The monoisotopic (exact) mass is 327 g/mol. The van der Waals surface area contributed by atoms with Gasteiger partial charge in [0.2, 0.25) is 5.91 Å². The number of piperidine rings is 2. The first-order chi connectivity index (χ1) is 11.6. The Hall–Kier alpha value is -2.10. The molecule has 5 rings (SSSR count). The minimum Gasteiger partial charge on any atom is -0.497 e. The molecule has 4 heteroatoms. The molecule has 2 aliphatic carbocycles. The molecule has 2 aliphatic heterocycles. The van der Waals surface area contributed by atoms with Crippen LogP contribution in [0.1, 0.15) is 31.2 Å². The Morgan fingerprint density at radius 2 is 2.04 bits per heavy atom. The smallest absolute Gasteiger partial charge is 0.233 e. The summed E-state index contributed by atoms with van der Waals surface area (Å²) in [6, 6.07) is 10.9. The molecule has 0 spiro atoms. The van der Waals surface area contributed by atoms with Crippen molar-refractivity contribution in [2.24, 2.45) is 5.92 Å². The van der Waals surface area contributed by atoms with E-state index in [1.807, 2.05) is 11.0 Å². The van der Waals surface area contributed by atoms with E-state index in [2.05, 4.69) is 24.3 Å². The first-order valence-electron chi connectivity index (χ1n) is 8.61. The van der Waals surface area contributed by atoms with E-state index in [0.717, 1.165) is 25.8 Å². The summed E-state index contributed by atoms with van der Waals surface area (Å²) in [5, 5.41) is 0. The largest absolute Gasteiger partial charge is 0.497 e. The van der Waals surface area contributed by atoms with Gasteiger partial charge < -0.3 is 9.64 Å². The quantitative estimate of drug-likeness (QED) is 0.847. The van der Waals surface area contributed by atoms with Gasteiger partial charge in [-0.05, 0) is 37.3 Å². The summed E-state index contributed by atoms with van der Waals surface area (Å²) in [5.74, 6) is -0.740. The number of allylic oxidation sites excluding steroid dienone is 3. The van der Waals surface area contributed by atoms with Crippen molar-refractivity contribution in [2.75, 3.05) is 13.7 Å². The second kappa shape index (κ2) is 5.76. The number of methoxy groups -OCH3 is 1. The molecule has 0 aromatic heterocycles. The van der Waals surface area contributed by atoms with Crippen LogP contribution in [0.25, 0.3) is 0 Å². The number of halogens is 1. The standard InChI is InChI=1S/C20H22FNO2/c1-24-18-16(8-5-9-17(18)21)19(23)22-11-10-20(12-15(22)13-20)14-6-3-2-4-7-14/h2-7,9,15-16H,8,10-13H2,1H3. The molecule has 1 amide bonds. The molecule has 3 fully saturated rings. The molecule has 126 valence electrons. The van der Waals surface area contributed by atoms with E-state index in [1.165, 1.54) is 18.7 Å². The number of hydrogen-bond acceptors (Lipinski definition) is 2. The van der Waals surface area contributed by atoms with Crippen LogP contribution in [0, 0.1) is 5.92 Å². The van der Waals surface area contributed by atoms with Gasteiger partial charge in [0.1, 0.15) is 11.7 Å². The SMILES string of the molecule is COC1=C(F)C=CCC1C(=O)N1CCC2(c3ccccc3)CC1C2. The van der Waals surface area contributed by atoms with E-state index in [9.17, 15) is 9.18 Å². The Morgan fingerprint density at radius 3 is 2.67 bits per heavy atom. The first kappa shape index (κ1) is 15.4. The van der Waals surface area contributed by atoms with E-state index in [1.54, 1.807) is 6.08 Å². The number of rotatable bonds is 3. The van der Waals surface area contributed by atoms with Crippen molar-refractivity contribution in [3.63, 3.8) is 0 Å². The summed E-state index contributed by atoms with van der Waals surface area (Å²) in [6.07, 6.45) is 6.64. The molecule has 1 saturated carbocycles. The van der Waals surface area contributed by atoms with E-state index >= 15 is 0 Å². The van der Waals surface area contributed by atoms with Gasteiger partial charge in [-0.2, -0.15) is 0 Å². The Labute approximate surface area is 141 Å². The van der Waals surface area contributed by atoms with Crippen molar-refractivity contribution in [1.82, 2.24) is 4.90 Å². The first-order valence-corrected chi connectivity index (χ1v) is 8.61. The van der Waals surface area contributed by atoms with Crippen LogP contribution in [-0.4, -0.2) is 30.5 Å². The average Bonchev–Trinajstić information content (AvgIpc) is 2.60. The van der Waals surface area contributed by atoms with E-state index < -0.39 is 11.7 Å². The predicted molar refractivity (Wildman–Crippen MR) is 89.9 cm³/mol. The number of amides is 1. The Bertz CT molecular complexity index is 698. The molecular formula is C20H22FNO2. The lowest BCUT2D eigenvalue weighted by Crippen LogP contribution is -2.62. The molecule has 0 radical (unpaired) electrons. The molecule has 4 aliphatic rings. The van der Waals surface area contributed by atoms with E-state index in [0.29, 0.717) is 6.42 Å². The van der Waals surface area contributed by atoms with Gasteiger partial charge in [0.05, 0.1) is 7.11 Å². The lowest BCUT2D eigenvalue weighted by atomic mass is 9.56. The Kier molecular flexibility index (Phi) is 3.70. The van der Waals surface area contributed by atoms with Crippen LogP contribution in [0.4, 0.5) is 4.39 Å². The Morgan fingerprint density at radius 1 is 1.29 bits per heavy atom. The predicted octanol–water partition coefficient (Wildman–Crippen LogP) is 3.72. The molecule has 2 bridgehead atoms. The Balaban J connectivity index is 1.49. The summed E-state index contributed by atoms with van der Waals surface area (Å²) in [7, 11) is 1.44. The fraction of sp³-hybridized carbons (Fsp3) is 0.450. The van der Waals surface area contributed by atoms with Crippen LogP contribution < -0.4 is 0 Å². The van der Waals surface area contributed by atoms with Gasteiger partial charge in [-0.1, -0.05) is 36.4 Å². The van der Waals surface area contributed by atoms with Gasteiger partial charge >= 0.3 is 0 Å². The zero-order chi connectivity index (χ0) is 16.7. The summed E-state index contributed by atoms with van der Waals surface area (Å²) in [5.41, 5.74) is 1.62. The molecule has 1 aromatic carbocycles. The van der Waals surface area contributed by atoms with Gasteiger partial charge in [0, 0.05) is 18.0 Å². The molecule has 24 heavy (non-hydrogen) atoms. The molecule has 1 aromatic rings. The lowest BCUT2D eigenvalue weighted by molar-refractivity contribution is -0.146. The topological polar surface area (TPSA) is 29.5 Å². The van der Waals surface area contributed by atoms with Gasteiger partial charge in [-0.15, -0.1) is 0 Å². The maximum absolute atomic E-state index is 13.9. The zero-order valence-electron chi connectivity index (χ0n) is 13.9. The van der Waals surface area contributed by atoms with Crippen molar-refractivity contribution in [1.29, 1.82) is 0 Å². The molecule has 3 nitrogen and oxygen atoms in total. The van der Waals surface area contributed by atoms with Crippen molar-refractivity contribution < 1.29 is 13.9 Å². The van der Waals surface area contributed by atoms with E-state index in [4.69, 9.17) is 4.74 Å². The van der Waals surface area contributed by atoms with Crippen LogP contribution in [-0.2, 0) is 14.9 Å². The highest BCUT2D eigenvalue weighted by Gasteiger charge is 2.53. The van der Waals surface area contributed by atoms with Gasteiger partial charge in [0.15, 0.2) is 5.83 Å². The average molecular weight is 327 g/mol. The highest BCUT2D eigenvalue weighted by Crippen LogP contribution is 2.52. The van der Waals surface area contributed by atoms with Crippen LogP contribution >= 0.6 is 0 Å². The molecule has 1 unspecified atom stereocenters. The maximum atomic E-state index is 13.9. The van der Waals surface area contributed by atoms with Crippen molar-refractivity contribution in [2.45, 2.75) is 37.1 Å². The number of hydrogen-bond donors (Lipinski definition) is 0. The number of nitrogens with zero attached hydrogens (tertiary/aromatic N) is 1. The summed E-state index contributed by atoms with van der Waals surface area (Å²) < 4.78 is 19.1. The summed E-state index contributed by atoms with van der Waals surface area (Å²) in [6.45, 7) is 0.747. The van der Waals surface area contributed by atoms with Crippen molar-refractivity contribution >= 4 is 5.91 Å². The number of ether oxygens (including phenoxy) is 1. The zero-order valence-corrected chi connectivity index (χ0v) is 13.9. The van der Waals surface area contributed by atoms with Crippen LogP contribution in [0.3, 0.4) is 0 Å². The van der Waals surface area contributed by atoms with Gasteiger partial charge in [-0.25, -0.2) is 4.39 Å². The molecule has 0 N–H and O–H groups in total. The van der Waals surface area contributed by atoms with Gasteiger partial charge in [-0.3, -0.25) is 4.79 Å². The highest BCUT2D eigenvalue weighted by molar-refractivity contribution is 5.83. The minimum absolute atomic E-state index is 0.0118. The van der Waals surface area contributed by atoms with Gasteiger partial charge in [0.25, 0.3) is 0 Å². The number of fused-ring (bicyclic) bond motifs is 2. The summed E-state index contributed by atoms with van der Waals surface area (Å²) >= 11 is 0. The third-order valence-corrected chi connectivity index (χ3v) is 5.90. The lowest BCUT2D eigenvalue weighted by Gasteiger charge is -2.58. The van der Waals surface area contributed by atoms with Crippen molar-refractivity contribution in [3.8, 4) is 0 Å². The molecule has 1 atom stereocenters. The maximum Gasteiger partial charge on any atom is 0.233 e. The number of carbonyl (C=O) groups excluding carboxylic acids is 1. The van der Waals surface area contributed by atoms with Crippen molar-refractivity contribution in [3.05, 3.63) is 59.6 Å². The highest BCUT2D eigenvalue weighted by atomic mass is 19.1. The second-order valence-corrected chi connectivity index (χ2v) is 7.10. The summed E-state index contributed by atoms with van der Waals surface area (Å²) in [4.78, 5) is 14.9. The van der Waals surface area contributed by atoms with Crippen LogP contribution in [0.5, 0.6) is 0 Å². The normalized spacial score (nSPS) is 31.7. The van der Waals surface area contributed by atoms with Crippen LogP contribution in [0.15, 0.2) is 54.1 Å². The molecular weight excluding hydrogens is 305 g/mol. The number of carbonyl (C=O) groups is 1. The number of benzene rings is 1. The fourth-order valence-corrected chi connectivity index (χ4v) is 4.56.